The summed E-state index contributed by atoms with van der Waals surface area (Å²) in [6, 6.07) is 80.9. The maximum absolute atomic E-state index is 2.40. The lowest BCUT2D eigenvalue weighted by Crippen LogP contribution is -1.88. The fourth-order valence-corrected chi connectivity index (χ4v) is 10.4. The third-order valence-corrected chi connectivity index (χ3v) is 13.4. The second-order valence-corrected chi connectivity index (χ2v) is 16.7. The molecule has 0 aliphatic carbocycles. The highest BCUT2D eigenvalue weighted by atomic mass is 32.1. The van der Waals surface area contributed by atoms with Gasteiger partial charge in [-0.2, -0.15) is 0 Å². The van der Waals surface area contributed by atoms with Crippen LogP contribution in [0.25, 0.3) is 119 Å². The van der Waals surface area contributed by atoms with Gasteiger partial charge in [0, 0.05) is 20.2 Å². The summed E-state index contributed by atoms with van der Waals surface area (Å²) < 4.78 is 2.65. The van der Waals surface area contributed by atoms with Crippen LogP contribution >= 0.6 is 11.3 Å². The van der Waals surface area contributed by atoms with Crippen molar-refractivity contribution >= 4 is 74.6 Å². The van der Waals surface area contributed by atoms with Crippen LogP contribution in [0.4, 0.5) is 0 Å². The molecule has 0 bridgehead atoms. The van der Waals surface area contributed by atoms with Gasteiger partial charge in [-0.3, -0.25) is 0 Å². The van der Waals surface area contributed by atoms with Gasteiger partial charge in [0.1, 0.15) is 0 Å². The first-order valence-corrected chi connectivity index (χ1v) is 21.1. The van der Waals surface area contributed by atoms with E-state index in [1.54, 1.807) is 0 Å². The van der Waals surface area contributed by atoms with Crippen molar-refractivity contribution < 1.29 is 0 Å². The number of fused-ring (bicyclic) bond motifs is 9. The average Bonchev–Trinajstić information content (AvgIpc) is 3.70. The van der Waals surface area contributed by atoms with Crippen molar-refractivity contribution in [1.82, 2.24) is 0 Å². The van der Waals surface area contributed by atoms with E-state index in [-0.39, 0.29) is 0 Å². The van der Waals surface area contributed by atoms with Gasteiger partial charge in [-0.15, -0.1) is 11.3 Å². The third kappa shape index (κ3) is 5.82. The van der Waals surface area contributed by atoms with Gasteiger partial charge < -0.3 is 0 Å². The molecule has 12 aromatic rings. The SMILES string of the molecule is c1ccc(-c2ccc3ccc4cc(-c5cc(-c6ccc7c(ccc8ccc(-c9ccccc9)cc87)c6)cc(-c6cccc7c6sc6ccccc67)c5)ccc4c3c2)cc1. The maximum Gasteiger partial charge on any atom is 0.0433 e. The Kier molecular flexibility index (Phi) is 7.82. The molecule has 0 nitrogen and oxygen atoms in total. The summed E-state index contributed by atoms with van der Waals surface area (Å²) in [6.07, 6.45) is 0. The van der Waals surface area contributed by atoms with E-state index in [1.807, 2.05) is 11.3 Å². The van der Waals surface area contributed by atoms with Crippen molar-refractivity contribution in [3.8, 4) is 55.6 Å². The van der Waals surface area contributed by atoms with Crippen LogP contribution in [0, 0.1) is 0 Å². The largest absolute Gasteiger partial charge is 0.135 e. The number of rotatable bonds is 5. The van der Waals surface area contributed by atoms with Gasteiger partial charge in [-0.1, -0.05) is 170 Å². The number of benzene rings is 11. The normalized spacial score (nSPS) is 11.7. The first-order chi connectivity index (χ1) is 29.2. The summed E-state index contributed by atoms with van der Waals surface area (Å²) in [5.74, 6) is 0. The minimum atomic E-state index is 1.21. The van der Waals surface area contributed by atoms with Crippen molar-refractivity contribution in [2.75, 3.05) is 0 Å². The molecule has 1 heteroatoms. The standard InChI is InChI=1S/C58H36S/c1-3-10-37(11-4-1)43-22-18-39-20-24-45-30-41(26-28-50(45)55(39)35-43)47-32-48(34-49(33-47)52-15-9-16-54-53-14-7-8-17-57(53)59-58(52)54)42-27-29-51-46(31-42)25-21-40-19-23-44(36-56(40)51)38-12-5-2-6-13-38/h1-36H. The molecule has 0 amide bonds. The Morgan fingerprint density at radius 1 is 0.220 bits per heavy atom. The molecule has 0 atom stereocenters. The molecule has 0 aliphatic rings. The Labute approximate surface area is 346 Å². The molecule has 0 N–H and O–H groups in total. The highest BCUT2D eigenvalue weighted by Crippen LogP contribution is 2.43. The molecular formula is C58H36S. The average molecular weight is 765 g/mol. The van der Waals surface area contributed by atoms with Crippen LogP contribution in [0.5, 0.6) is 0 Å². The van der Waals surface area contributed by atoms with Crippen molar-refractivity contribution in [2.45, 2.75) is 0 Å². The van der Waals surface area contributed by atoms with Crippen LogP contribution in [-0.2, 0) is 0 Å². The van der Waals surface area contributed by atoms with Crippen LogP contribution in [0.2, 0.25) is 0 Å². The Balaban J connectivity index is 1.03. The maximum atomic E-state index is 2.40. The van der Waals surface area contributed by atoms with E-state index in [1.165, 1.54) is 119 Å². The number of hydrogen-bond donors (Lipinski definition) is 0. The van der Waals surface area contributed by atoms with E-state index in [0.717, 1.165) is 0 Å². The molecule has 11 aromatic carbocycles. The second kappa shape index (κ2) is 13.7. The zero-order chi connectivity index (χ0) is 38.9. The highest BCUT2D eigenvalue weighted by Gasteiger charge is 2.15. The van der Waals surface area contributed by atoms with Gasteiger partial charge in [0.15, 0.2) is 0 Å². The first-order valence-electron chi connectivity index (χ1n) is 20.3. The number of hydrogen-bond acceptors (Lipinski definition) is 1. The first kappa shape index (κ1) is 33.8. The van der Waals surface area contributed by atoms with Crippen LogP contribution < -0.4 is 0 Å². The van der Waals surface area contributed by atoms with Crippen LogP contribution in [0.3, 0.4) is 0 Å². The summed E-state index contributed by atoms with van der Waals surface area (Å²) in [5.41, 5.74) is 12.3. The van der Waals surface area contributed by atoms with Gasteiger partial charge in [0.05, 0.1) is 0 Å². The molecule has 0 saturated carbocycles. The Hall–Kier alpha value is -7.32. The second-order valence-electron chi connectivity index (χ2n) is 15.7. The number of thiophene rings is 1. The molecule has 0 radical (unpaired) electrons. The fraction of sp³-hybridized carbons (Fsp3) is 0. The molecule has 59 heavy (non-hydrogen) atoms. The zero-order valence-electron chi connectivity index (χ0n) is 32.2. The monoisotopic (exact) mass is 764 g/mol. The Morgan fingerprint density at radius 3 is 1.27 bits per heavy atom. The van der Waals surface area contributed by atoms with Crippen LogP contribution in [0.1, 0.15) is 0 Å². The van der Waals surface area contributed by atoms with Gasteiger partial charge in [-0.25, -0.2) is 0 Å². The smallest absolute Gasteiger partial charge is 0.0433 e. The van der Waals surface area contributed by atoms with Gasteiger partial charge >= 0.3 is 0 Å². The lowest BCUT2D eigenvalue weighted by molar-refractivity contribution is 1.60. The molecule has 1 heterocycles. The summed E-state index contributed by atoms with van der Waals surface area (Å²) in [6.45, 7) is 0. The van der Waals surface area contributed by atoms with Gasteiger partial charge in [0.25, 0.3) is 0 Å². The predicted molar refractivity (Wildman–Crippen MR) is 257 cm³/mol. The van der Waals surface area contributed by atoms with Gasteiger partial charge in [-0.05, 0) is 147 Å². The zero-order valence-corrected chi connectivity index (χ0v) is 33.0. The topological polar surface area (TPSA) is 0 Å². The summed E-state index contributed by atoms with van der Waals surface area (Å²) in [4.78, 5) is 0. The predicted octanol–water partition coefficient (Wildman–Crippen LogP) is 17.0. The summed E-state index contributed by atoms with van der Waals surface area (Å²) in [7, 11) is 0. The van der Waals surface area contributed by atoms with E-state index in [9.17, 15) is 0 Å². The molecule has 0 saturated heterocycles. The van der Waals surface area contributed by atoms with Crippen molar-refractivity contribution in [3.05, 3.63) is 218 Å². The van der Waals surface area contributed by atoms with Crippen molar-refractivity contribution in [1.29, 1.82) is 0 Å². The van der Waals surface area contributed by atoms with E-state index < -0.39 is 0 Å². The van der Waals surface area contributed by atoms with E-state index >= 15 is 0 Å². The quantitative estimate of drug-likeness (QED) is 0.153. The molecule has 0 spiro atoms. The molecule has 1 aromatic heterocycles. The molecule has 0 fully saturated rings. The Morgan fingerprint density at radius 2 is 0.678 bits per heavy atom. The minimum absolute atomic E-state index is 1.21. The van der Waals surface area contributed by atoms with Crippen molar-refractivity contribution in [2.24, 2.45) is 0 Å². The van der Waals surface area contributed by atoms with Crippen LogP contribution in [-0.4, -0.2) is 0 Å². The molecule has 274 valence electrons. The highest BCUT2D eigenvalue weighted by molar-refractivity contribution is 7.26. The molecule has 0 unspecified atom stereocenters. The summed E-state index contributed by atoms with van der Waals surface area (Å²) >= 11 is 1.89. The van der Waals surface area contributed by atoms with Crippen LogP contribution in [0.15, 0.2) is 218 Å². The third-order valence-electron chi connectivity index (χ3n) is 12.2. The lowest BCUT2D eigenvalue weighted by Gasteiger charge is -2.14. The molecule has 0 aliphatic heterocycles. The van der Waals surface area contributed by atoms with E-state index in [4.69, 9.17) is 0 Å². The fourth-order valence-electron chi connectivity index (χ4n) is 9.19. The molecule has 12 rings (SSSR count). The van der Waals surface area contributed by atoms with Crippen molar-refractivity contribution in [3.63, 3.8) is 0 Å². The molecular weight excluding hydrogens is 729 g/mol. The van der Waals surface area contributed by atoms with E-state index in [2.05, 4.69) is 218 Å². The van der Waals surface area contributed by atoms with E-state index in [0.29, 0.717) is 0 Å². The summed E-state index contributed by atoms with van der Waals surface area (Å²) in [5, 5.41) is 12.7. The minimum Gasteiger partial charge on any atom is -0.135 e. The Bertz CT molecular complexity index is 3410. The van der Waals surface area contributed by atoms with Gasteiger partial charge in [0.2, 0.25) is 0 Å². The lowest BCUT2D eigenvalue weighted by atomic mass is 9.90.